The maximum Gasteiger partial charge on any atom is 0.137 e. The predicted molar refractivity (Wildman–Crippen MR) is 126 cm³/mol. The van der Waals surface area contributed by atoms with Crippen LogP contribution in [-0.4, -0.2) is 20.0 Å². The lowest BCUT2D eigenvalue weighted by molar-refractivity contribution is -0.151. The van der Waals surface area contributed by atoms with Gasteiger partial charge in [-0.1, -0.05) is 58.6 Å². The molecule has 4 aliphatic rings. The third kappa shape index (κ3) is 3.72. The van der Waals surface area contributed by atoms with Crippen molar-refractivity contribution in [3.63, 3.8) is 0 Å². The van der Waals surface area contributed by atoms with Gasteiger partial charge in [-0.2, -0.15) is 0 Å². The van der Waals surface area contributed by atoms with Crippen LogP contribution >= 0.6 is 0 Å². The highest BCUT2D eigenvalue weighted by atomic mass is 16.5. The first-order valence-corrected chi connectivity index (χ1v) is 12.3. The van der Waals surface area contributed by atoms with Gasteiger partial charge in [0.1, 0.15) is 17.3 Å². The molecule has 0 saturated heterocycles. The molecule has 31 heavy (non-hydrogen) atoms. The van der Waals surface area contributed by atoms with Crippen molar-refractivity contribution in [2.75, 3.05) is 14.2 Å². The minimum Gasteiger partial charge on any atom is -0.496 e. The molecule has 0 aliphatic heterocycles. The van der Waals surface area contributed by atoms with Crippen molar-refractivity contribution in [3.05, 3.63) is 35.4 Å². The van der Waals surface area contributed by atoms with E-state index in [1.54, 1.807) is 14.2 Å². The Morgan fingerprint density at radius 1 is 1.10 bits per heavy atom. The number of hydrogen-bond donors (Lipinski definition) is 0. The number of ether oxygens (including phenoxy) is 2. The number of carbonyl (C=O) groups is 1. The SMILES string of the molecule is CCCC/C=C\C1(c2cc(OC)c([C@@H]3CC(=O)[C@@H]4C[C@H]3C4(C)C)c(OC)c2)CCCC1. The van der Waals surface area contributed by atoms with Crippen LogP contribution in [0.25, 0.3) is 0 Å². The second-order valence-corrected chi connectivity index (χ2v) is 10.7. The van der Waals surface area contributed by atoms with E-state index in [1.807, 2.05) is 0 Å². The number of methoxy groups -OCH3 is 2. The van der Waals surface area contributed by atoms with Gasteiger partial charge >= 0.3 is 0 Å². The Labute approximate surface area is 188 Å². The molecule has 1 aromatic carbocycles. The third-order valence-corrected chi connectivity index (χ3v) is 8.79. The lowest BCUT2D eigenvalue weighted by Gasteiger charge is -2.59. The Morgan fingerprint density at radius 2 is 1.74 bits per heavy atom. The monoisotopic (exact) mass is 424 g/mol. The lowest BCUT2D eigenvalue weighted by atomic mass is 9.44. The van der Waals surface area contributed by atoms with Crippen molar-refractivity contribution in [1.82, 2.24) is 0 Å². The maximum atomic E-state index is 12.8. The first-order chi connectivity index (χ1) is 14.9. The van der Waals surface area contributed by atoms with Crippen LogP contribution < -0.4 is 9.47 Å². The Kier molecular flexibility index (Phi) is 6.25. The number of Topliss-reactive ketones (excluding diaryl/α,β-unsaturated/α-hetero) is 1. The van der Waals surface area contributed by atoms with Crippen LogP contribution in [0, 0.1) is 17.3 Å². The van der Waals surface area contributed by atoms with E-state index < -0.39 is 0 Å². The van der Waals surface area contributed by atoms with Crippen LogP contribution in [0.1, 0.15) is 95.6 Å². The molecule has 0 amide bonds. The Bertz CT molecular complexity index is 819. The molecule has 0 heterocycles. The molecule has 3 atom stereocenters. The summed E-state index contributed by atoms with van der Waals surface area (Å²) < 4.78 is 12.0. The fraction of sp³-hybridized carbons (Fsp3) is 0.679. The normalized spacial score (nSPS) is 28.5. The second kappa shape index (κ2) is 8.64. The molecule has 2 bridgehead atoms. The number of benzene rings is 1. The quantitative estimate of drug-likeness (QED) is 0.333. The summed E-state index contributed by atoms with van der Waals surface area (Å²) in [6, 6.07) is 4.52. The maximum absolute atomic E-state index is 12.8. The average molecular weight is 425 g/mol. The molecule has 3 heteroatoms. The van der Waals surface area contributed by atoms with E-state index in [1.165, 1.54) is 44.1 Å². The smallest absolute Gasteiger partial charge is 0.137 e. The van der Waals surface area contributed by atoms with E-state index in [0.29, 0.717) is 18.1 Å². The van der Waals surface area contributed by atoms with Gasteiger partial charge in [-0.15, -0.1) is 0 Å². The summed E-state index contributed by atoms with van der Waals surface area (Å²) in [6.07, 6.45) is 15.0. The molecular formula is C28H40O3. The lowest BCUT2D eigenvalue weighted by Crippen LogP contribution is -2.56. The van der Waals surface area contributed by atoms with Gasteiger partial charge in [0.25, 0.3) is 0 Å². The number of unbranched alkanes of at least 4 members (excludes halogenated alkanes) is 2. The Balaban J connectivity index is 1.74. The van der Waals surface area contributed by atoms with Crippen molar-refractivity contribution in [2.24, 2.45) is 17.3 Å². The molecule has 4 fully saturated rings. The molecule has 3 nitrogen and oxygen atoms in total. The van der Waals surface area contributed by atoms with E-state index in [4.69, 9.17) is 9.47 Å². The zero-order chi connectivity index (χ0) is 22.2. The average Bonchev–Trinajstić information content (AvgIpc) is 3.25. The molecule has 0 unspecified atom stereocenters. The molecule has 0 N–H and O–H groups in total. The van der Waals surface area contributed by atoms with Gasteiger partial charge in [0.15, 0.2) is 0 Å². The summed E-state index contributed by atoms with van der Waals surface area (Å²) in [5.74, 6) is 3.16. The minimum atomic E-state index is 0.0728. The summed E-state index contributed by atoms with van der Waals surface area (Å²) in [5, 5.41) is 0. The molecule has 1 aromatic rings. The van der Waals surface area contributed by atoms with Gasteiger partial charge in [0.2, 0.25) is 0 Å². The van der Waals surface area contributed by atoms with Gasteiger partial charge < -0.3 is 9.47 Å². The van der Waals surface area contributed by atoms with E-state index in [2.05, 4.69) is 45.1 Å². The van der Waals surface area contributed by atoms with E-state index in [9.17, 15) is 4.79 Å². The number of hydrogen-bond acceptors (Lipinski definition) is 3. The van der Waals surface area contributed by atoms with Crippen LogP contribution in [0.3, 0.4) is 0 Å². The molecule has 0 spiro atoms. The molecule has 4 aliphatic carbocycles. The third-order valence-electron chi connectivity index (χ3n) is 8.79. The van der Waals surface area contributed by atoms with Gasteiger partial charge in [-0.3, -0.25) is 4.79 Å². The number of allylic oxidation sites excluding steroid dienone is 2. The highest BCUT2D eigenvalue weighted by Gasteiger charge is 2.59. The van der Waals surface area contributed by atoms with Gasteiger partial charge in [0.05, 0.1) is 14.2 Å². The summed E-state index contributed by atoms with van der Waals surface area (Å²) in [6.45, 7) is 6.77. The van der Waals surface area contributed by atoms with Crippen molar-refractivity contribution in [3.8, 4) is 11.5 Å². The van der Waals surface area contributed by atoms with Crippen LogP contribution in [0.2, 0.25) is 0 Å². The zero-order valence-electron chi connectivity index (χ0n) is 20.1. The highest BCUT2D eigenvalue weighted by molar-refractivity contribution is 5.86. The number of rotatable bonds is 8. The van der Waals surface area contributed by atoms with E-state index in [0.717, 1.165) is 29.9 Å². The topological polar surface area (TPSA) is 35.5 Å². The first-order valence-electron chi connectivity index (χ1n) is 12.3. The van der Waals surface area contributed by atoms with Gasteiger partial charge in [-0.25, -0.2) is 0 Å². The van der Waals surface area contributed by atoms with Crippen LogP contribution in [0.15, 0.2) is 24.3 Å². The van der Waals surface area contributed by atoms with E-state index in [-0.39, 0.29) is 22.7 Å². The standard InChI is InChI=1S/C28H40O3/c1-6-7-8-9-12-28(13-10-11-14-28)19-15-24(30-4)26(25(16-19)31-5)20-17-23(29)22-18-21(20)27(22,2)3/h9,12,15-16,20-22H,6-8,10-11,13-14,17-18H2,1-5H3/b12-9-/t20-,21-,22+/m1/s1. The molecule has 170 valence electrons. The minimum absolute atomic E-state index is 0.0728. The molecule has 5 rings (SSSR count). The Morgan fingerprint density at radius 3 is 2.26 bits per heavy atom. The number of carbonyl (C=O) groups excluding carboxylic acids is 1. The fourth-order valence-corrected chi connectivity index (χ4v) is 6.77. The zero-order valence-corrected chi connectivity index (χ0v) is 20.1. The highest BCUT2D eigenvalue weighted by Crippen LogP contribution is 2.64. The van der Waals surface area contributed by atoms with Gasteiger partial charge in [0, 0.05) is 29.2 Å². The van der Waals surface area contributed by atoms with Crippen molar-refractivity contribution >= 4 is 5.78 Å². The summed E-state index contributed by atoms with van der Waals surface area (Å²) >= 11 is 0. The second-order valence-electron chi connectivity index (χ2n) is 10.7. The van der Waals surface area contributed by atoms with Crippen molar-refractivity contribution in [1.29, 1.82) is 0 Å². The summed E-state index contributed by atoms with van der Waals surface area (Å²) in [4.78, 5) is 12.8. The first kappa shape index (κ1) is 22.4. The summed E-state index contributed by atoms with van der Waals surface area (Å²) in [5.41, 5.74) is 2.57. The summed E-state index contributed by atoms with van der Waals surface area (Å²) in [7, 11) is 3.53. The van der Waals surface area contributed by atoms with Gasteiger partial charge in [-0.05, 0) is 54.7 Å². The van der Waals surface area contributed by atoms with Crippen LogP contribution in [0.4, 0.5) is 0 Å². The molecule has 0 radical (unpaired) electrons. The predicted octanol–water partition coefficient (Wildman–Crippen LogP) is 6.98. The van der Waals surface area contributed by atoms with E-state index >= 15 is 0 Å². The molecule has 0 aromatic heterocycles. The van der Waals surface area contributed by atoms with Crippen molar-refractivity contribution in [2.45, 2.75) is 89.9 Å². The largest absolute Gasteiger partial charge is 0.496 e. The molecular weight excluding hydrogens is 384 g/mol. The number of ketones is 1. The van der Waals surface area contributed by atoms with Crippen molar-refractivity contribution < 1.29 is 14.3 Å². The molecule has 4 saturated carbocycles. The number of fused-ring (bicyclic) bond motifs is 2. The fourth-order valence-electron chi connectivity index (χ4n) is 6.77. The van der Waals surface area contributed by atoms with Crippen LogP contribution in [0.5, 0.6) is 11.5 Å². The van der Waals surface area contributed by atoms with Crippen LogP contribution in [-0.2, 0) is 10.2 Å². The Hall–Kier alpha value is -1.77.